The first kappa shape index (κ1) is 34.8. The minimum atomic E-state index is -0.818. The summed E-state index contributed by atoms with van der Waals surface area (Å²) in [7, 11) is -1.52. The topological polar surface area (TPSA) is 17.8 Å². The van der Waals surface area contributed by atoms with Crippen molar-refractivity contribution in [1.82, 2.24) is 9.55 Å². The molecular formula is C41H38FeN2P2+2. The zero-order valence-electron chi connectivity index (χ0n) is 26.1. The van der Waals surface area contributed by atoms with E-state index in [1.807, 2.05) is 38.3 Å². The minimum Gasteiger partial charge on any atom is -0.327 e. The van der Waals surface area contributed by atoms with E-state index in [2.05, 4.69) is 165 Å². The van der Waals surface area contributed by atoms with Gasteiger partial charge in [-0.25, -0.2) is 4.98 Å². The third-order valence-corrected chi connectivity index (χ3v) is 12.7. The van der Waals surface area contributed by atoms with Gasteiger partial charge in [-0.1, -0.05) is 135 Å². The molecule has 0 N–H and O–H groups in total. The van der Waals surface area contributed by atoms with Gasteiger partial charge in [-0.2, -0.15) is 0 Å². The van der Waals surface area contributed by atoms with Crippen LogP contribution >= 0.6 is 15.8 Å². The summed E-state index contributed by atoms with van der Waals surface area (Å²) < 4.78 is 2.47. The summed E-state index contributed by atoms with van der Waals surface area (Å²) in [4.78, 5) is 5.07. The Morgan fingerprint density at radius 1 is 0.522 bits per heavy atom. The first-order valence-corrected chi connectivity index (χ1v) is 18.2. The third-order valence-electron chi connectivity index (χ3n) is 7.78. The van der Waals surface area contributed by atoms with Crippen molar-refractivity contribution in [2.24, 2.45) is 5.92 Å². The van der Waals surface area contributed by atoms with Gasteiger partial charge in [-0.05, 0) is 86.4 Å². The molecule has 5 heteroatoms. The number of hydrogen-bond donors (Lipinski definition) is 0. The number of aromatic nitrogens is 2. The number of rotatable bonds is 9. The molecule has 0 aliphatic heterocycles. The molecular weight excluding hydrogens is 638 g/mol. The fourth-order valence-electron chi connectivity index (χ4n) is 5.84. The van der Waals surface area contributed by atoms with E-state index in [-0.39, 0.29) is 23.1 Å². The molecule has 0 unspecified atom stereocenters. The van der Waals surface area contributed by atoms with E-state index in [1.54, 1.807) is 0 Å². The van der Waals surface area contributed by atoms with E-state index in [4.69, 9.17) is 4.98 Å². The molecule has 5 aromatic rings. The van der Waals surface area contributed by atoms with Crippen LogP contribution in [-0.2, 0) is 17.1 Å². The van der Waals surface area contributed by atoms with E-state index >= 15 is 0 Å². The molecule has 2 aliphatic carbocycles. The summed E-state index contributed by atoms with van der Waals surface area (Å²) in [6.07, 6.45) is 21.1. The maximum atomic E-state index is 5.07. The largest absolute Gasteiger partial charge is 2.00 e. The van der Waals surface area contributed by atoms with Crippen molar-refractivity contribution < 1.29 is 17.1 Å². The van der Waals surface area contributed by atoms with E-state index < -0.39 is 15.8 Å². The van der Waals surface area contributed by atoms with Gasteiger partial charge in [0, 0.05) is 37.9 Å². The summed E-state index contributed by atoms with van der Waals surface area (Å²) in [5, 5.41) is 5.38. The molecule has 10 radical (unpaired) electrons. The van der Waals surface area contributed by atoms with Gasteiger partial charge in [0.15, 0.2) is 0 Å². The Balaban J connectivity index is 0.000000635. The van der Waals surface area contributed by atoms with Crippen molar-refractivity contribution in [1.29, 1.82) is 0 Å². The molecule has 2 aliphatic rings. The number of imidazole rings is 1. The SMILES string of the molecule is CC(C)[C@H]([C]1[CH][CH][CH][C]1P(c1ccccc1)c1ccccc1)n1ccnc1P(c1ccccc1)c1ccccc1.[CH]1[CH][CH][CH][CH]1.[Fe+2]. The van der Waals surface area contributed by atoms with Crippen LogP contribution in [0.3, 0.4) is 0 Å². The number of benzene rings is 4. The van der Waals surface area contributed by atoms with Crippen molar-refractivity contribution in [2.75, 3.05) is 0 Å². The molecule has 0 amide bonds. The normalized spacial score (nSPS) is 15.9. The predicted molar refractivity (Wildman–Crippen MR) is 195 cm³/mol. The number of nitrogens with zero attached hydrogens (tertiary/aromatic N) is 2. The molecule has 0 saturated heterocycles. The van der Waals surface area contributed by atoms with Gasteiger partial charge in [-0.15, -0.1) is 0 Å². The molecule has 4 aromatic carbocycles. The molecule has 7 rings (SSSR count). The Kier molecular flexibility index (Phi) is 13.3. The summed E-state index contributed by atoms with van der Waals surface area (Å²) in [5.74, 6) is 1.77. The van der Waals surface area contributed by atoms with E-state index in [1.165, 1.54) is 32.8 Å². The Morgan fingerprint density at radius 3 is 1.35 bits per heavy atom. The second kappa shape index (κ2) is 17.6. The second-order valence-electron chi connectivity index (χ2n) is 11.2. The summed E-state index contributed by atoms with van der Waals surface area (Å²) >= 11 is 0. The van der Waals surface area contributed by atoms with Crippen molar-refractivity contribution >= 4 is 42.6 Å². The van der Waals surface area contributed by atoms with Crippen molar-refractivity contribution in [3.8, 4) is 0 Å². The van der Waals surface area contributed by atoms with Crippen LogP contribution in [0.4, 0.5) is 0 Å². The van der Waals surface area contributed by atoms with E-state index in [0.717, 1.165) is 5.57 Å². The maximum absolute atomic E-state index is 5.07. The van der Waals surface area contributed by atoms with Crippen molar-refractivity contribution in [3.05, 3.63) is 197 Å². The molecule has 2 nitrogen and oxygen atoms in total. The maximum Gasteiger partial charge on any atom is 2.00 e. The first-order valence-electron chi connectivity index (χ1n) is 15.5. The van der Waals surface area contributed by atoms with Crippen LogP contribution in [0, 0.1) is 68.9 Å². The smallest absolute Gasteiger partial charge is 0.327 e. The van der Waals surface area contributed by atoms with Gasteiger partial charge in [-0.3, -0.25) is 0 Å². The van der Waals surface area contributed by atoms with Gasteiger partial charge < -0.3 is 4.57 Å². The van der Waals surface area contributed by atoms with Crippen LogP contribution in [0.2, 0.25) is 0 Å². The van der Waals surface area contributed by atoms with Crippen LogP contribution in [0.15, 0.2) is 134 Å². The summed E-state index contributed by atoms with van der Waals surface area (Å²) in [6.45, 7) is 4.68. The van der Waals surface area contributed by atoms with Gasteiger partial charge in [0.1, 0.15) is 5.57 Å². The zero-order valence-corrected chi connectivity index (χ0v) is 29.0. The molecule has 2 saturated carbocycles. The molecule has 228 valence electrons. The molecule has 0 spiro atoms. The number of hydrogen-bond acceptors (Lipinski definition) is 1. The van der Waals surface area contributed by atoms with E-state index in [9.17, 15) is 0 Å². The van der Waals surface area contributed by atoms with Crippen molar-refractivity contribution in [3.63, 3.8) is 0 Å². The minimum absolute atomic E-state index is 0. The Morgan fingerprint density at radius 2 is 0.935 bits per heavy atom. The average molecular weight is 677 g/mol. The summed E-state index contributed by atoms with van der Waals surface area (Å²) in [5.41, 5.74) is 2.57. The summed E-state index contributed by atoms with van der Waals surface area (Å²) in [6, 6.07) is 43.9. The van der Waals surface area contributed by atoms with Crippen molar-refractivity contribution in [2.45, 2.75) is 19.9 Å². The molecule has 0 bridgehead atoms. The monoisotopic (exact) mass is 676 g/mol. The average Bonchev–Trinajstić information content (AvgIpc) is 3.90. The molecule has 46 heavy (non-hydrogen) atoms. The molecule has 1 atom stereocenters. The fourth-order valence-corrected chi connectivity index (χ4v) is 10.6. The molecule has 2 fully saturated rings. The second-order valence-corrected chi connectivity index (χ2v) is 15.5. The Labute approximate surface area is 290 Å². The van der Waals surface area contributed by atoms with Crippen LogP contribution in [0.25, 0.3) is 0 Å². The van der Waals surface area contributed by atoms with Crippen LogP contribution in [0.1, 0.15) is 19.9 Å². The van der Waals surface area contributed by atoms with Crippen LogP contribution in [0.5, 0.6) is 0 Å². The van der Waals surface area contributed by atoms with Crippen LogP contribution in [-0.4, -0.2) is 9.55 Å². The van der Waals surface area contributed by atoms with Gasteiger partial charge >= 0.3 is 17.1 Å². The Hall–Kier alpha value is -2.53. The van der Waals surface area contributed by atoms with E-state index in [0.29, 0.717) is 5.92 Å². The third kappa shape index (κ3) is 8.30. The predicted octanol–water partition coefficient (Wildman–Crippen LogP) is 7.72. The van der Waals surface area contributed by atoms with Gasteiger partial charge in [0.25, 0.3) is 0 Å². The quantitative estimate of drug-likeness (QED) is 0.116. The van der Waals surface area contributed by atoms with Crippen LogP contribution < -0.4 is 26.8 Å². The zero-order chi connectivity index (χ0) is 30.8. The fraction of sp³-hybridized carbons (Fsp3) is 0.0976. The molecule has 1 aromatic heterocycles. The first-order chi connectivity index (χ1) is 22.2. The molecule has 1 heterocycles. The van der Waals surface area contributed by atoms with Gasteiger partial charge in [0.05, 0.1) is 0 Å². The Bertz CT molecular complexity index is 1470. The van der Waals surface area contributed by atoms with Gasteiger partial charge in [0.2, 0.25) is 0 Å². The standard InChI is InChI=1S/C36H33N2P2.C5H5.Fe/c1-28(2)35(33-24-15-25-34(33)39(29-16-7-3-8-17-29)30-18-9-4-10-19-30)38-27-26-37-36(38)40(31-20-11-5-12-21-31)32-22-13-6-14-23-32;1-2-4-5-3-1;/h3-28,35H,1-2H3;1-5H;/q;;+2/t35-;;/m1../s1.